The largest absolute Gasteiger partial charge is 0.426 e. The van der Waals surface area contributed by atoms with E-state index in [0.717, 1.165) is 19.4 Å². The van der Waals surface area contributed by atoms with Gasteiger partial charge in [0.1, 0.15) is 5.75 Å². The van der Waals surface area contributed by atoms with Gasteiger partial charge in [0, 0.05) is 24.1 Å². The third kappa shape index (κ3) is 4.82. The van der Waals surface area contributed by atoms with Gasteiger partial charge in [0.05, 0.1) is 5.92 Å². The molecule has 0 radical (unpaired) electrons. The van der Waals surface area contributed by atoms with Crippen molar-refractivity contribution in [3.8, 4) is 5.75 Å². The molecule has 1 atom stereocenters. The van der Waals surface area contributed by atoms with Gasteiger partial charge in [0.25, 0.3) is 0 Å². The topological polar surface area (TPSA) is 46.6 Å². The van der Waals surface area contributed by atoms with Crippen molar-refractivity contribution in [3.63, 3.8) is 0 Å². The van der Waals surface area contributed by atoms with Crippen molar-refractivity contribution < 1.29 is 23.1 Å². The van der Waals surface area contributed by atoms with E-state index >= 15 is 0 Å². The molecule has 1 aliphatic heterocycles. The average Bonchev–Trinajstić information content (AvgIpc) is 2.48. The van der Waals surface area contributed by atoms with Crippen LogP contribution in [0.25, 0.3) is 0 Å². The second-order valence-corrected chi connectivity index (χ2v) is 6.00. The zero-order valence-electron chi connectivity index (χ0n) is 13.4. The molecule has 0 aliphatic carbocycles. The zero-order valence-corrected chi connectivity index (χ0v) is 13.4. The quantitative estimate of drug-likeness (QED) is 0.474. The first-order valence-corrected chi connectivity index (χ1v) is 7.69. The molecule has 0 aromatic heterocycles. The molecule has 1 heterocycles. The highest BCUT2D eigenvalue weighted by Crippen LogP contribution is 2.26. The number of esters is 1. The molecule has 6 heteroatoms. The van der Waals surface area contributed by atoms with E-state index in [-0.39, 0.29) is 23.0 Å². The van der Waals surface area contributed by atoms with Gasteiger partial charge in [0.2, 0.25) is 6.43 Å². The van der Waals surface area contributed by atoms with Crippen molar-refractivity contribution in [1.29, 1.82) is 0 Å². The first kappa shape index (κ1) is 17.5. The number of ether oxygens (including phenoxy) is 1. The number of hydrogen-bond donors (Lipinski definition) is 0. The van der Waals surface area contributed by atoms with Gasteiger partial charge in [-0.2, -0.15) is 0 Å². The molecule has 1 saturated heterocycles. The minimum atomic E-state index is -2.54. The molecule has 1 aromatic rings. The van der Waals surface area contributed by atoms with Gasteiger partial charge in [-0.15, -0.1) is 0 Å². The molecule has 0 N–H and O–H groups in total. The van der Waals surface area contributed by atoms with Gasteiger partial charge < -0.3 is 9.64 Å². The lowest BCUT2D eigenvalue weighted by atomic mass is 9.98. The van der Waals surface area contributed by atoms with Crippen LogP contribution in [0.15, 0.2) is 18.2 Å². The number of Topliss-reactive ketones (excluding diaryl/α,β-unsaturated/α-hetero) is 1. The van der Waals surface area contributed by atoms with E-state index < -0.39 is 18.8 Å². The Labute approximate surface area is 134 Å². The van der Waals surface area contributed by atoms with Crippen LogP contribution in [0, 0.1) is 5.92 Å². The molecule has 126 valence electrons. The van der Waals surface area contributed by atoms with E-state index in [1.807, 2.05) is 11.9 Å². The van der Waals surface area contributed by atoms with E-state index in [1.54, 1.807) is 0 Å². The number of rotatable bonds is 5. The smallest absolute Gasteiger partial charge is 0.315 e. The van der Waals surface area contributed by atoms with Crippen molar-refractivity contribution in [2.24, 2.45) is 5.92 Å². The maximum absolute atomic E-state index is 12.7. The summed E-state index contributed by atoms with van der Waals surface area (Å²) in [6.45, 7) is 2.90. The molecule has 1 fully saturated rings. The lowest BCUT2D eigenvalue weighted by Crippen LogP contribution is -2.37. The van der Waals surface area contributed by atoms with E-state index in [0.29, 0.717) is 12.1 Å². The molecule has 1 unspecified atom stereocenters. The summed E-state index contributed by atoms with van der Waals surface area (Å²) in [7, 11) is 1.93. The monoisotopic (exact) mass is 325 g/mol. The number of likely N-dealkylation sites (tertiary alicyclic amines) is 1. The number of alkyl halides is 2. The summed E-state index contributed by atoms with van der Waals surface area (Å²) in [5.41, 5.74) is 0.578. The lowest BCUT2D eigenvalue weighted by Gasteiger charge is -2.28. The number of carbonyl (C=O) groups excluding carboxylic acids is 2. The van der Waals surface area contributed by atoms with Gasteiger partial charge in [-0.1, -0.05) is 12.1 Å². The van der Waals surface area contributed by atoms with Crippen LogP contribution in [0.2, 0.25) is 0 Å². The molecule has 0 amide bonds. The Bertz CT molecular complexity index is 589. The van der Waals surface area contributed by atoms with E-state index in [2.05, 4.69) is 0 Å². The molecule has 23 heavy (non-hydrogen) atoms. The van der Waals surface area contributed by atoms with Crippen LogP contribution in [0.5, 0.6) is 5.75 Å². The van der Waals surface area contributed by atoms with Gasteiger partial charge in [-0.05, 0) is 39.4 Å². The standard InChI is InChI=1S/C17H21F2NO3/c1-11(21)12-5-6-13(9-16(18)19)15(8-12)23-17(22)14-4-3-7-20(2)10-14/h5-6,8,14,16H,3-4,7,9-10H2,1-2H3. The summed E-state index contributed by atoms with van der Waals surface area (Å²) in [5.74, 6) is -0.832. The molecular weight excluding hydrogens is 304 g/mol. The Hall–Kier alpha value is -1.82. The fraction of sp³-hybridized carbons (Fsp3) is 0.529. The van der Waals surface area contributed by atoms with Gasteiger partial charge in [-0.25, -0.2) is 8.78 Å². The Morgan fingerprint density at radius 2 is 2.13 bits per heavy atom. The first-order chi connectivity index (χ1) is 10.9. The summed E-state index contributed by atoms with van der Waals surface area (Å²) >= 11 is 0. The van der Waals surface area contributed by atoms with Crippen LogP contribution in [-0.2, 0) is 11.2 Å². The van der Waals surface area contributed by atoms with Gasteiger partial charge >= 0.3 is 5.97 Å². The molecular formula is C17H21F2NO3. The van der Waals surface area contributed by atoms with Crippen LogP contribution in [0.4, 0.5) is 8.78 Å². The maximum atomic E-state index is 12.7. The molecule has 0 bridgehead atoms. The predicted octanol–water partition coefficient (Wildman–Crippen LogP) is 2.94. The number of hydrogen-bond acceptors (Lipinski definition) is 4. The number of halogens is 2. The lowest BCUT2D eigenvalue weighted by molar-refractivity contribution is -0.140. The van der Waals surface area contributed by atoms with Crippen molar-refractivity contribution in [2.45, 2.75) is 32.6 Å². The minimum Gasteiger partial charge on any atom is -0.426 e. The number of piperidine rings is 1. The molecule has 4 nitrogen and oxygen atoms in total. The summed E-state index contributed by atoms with van der Waals surface area (Å²) in [6, 6.07) is 4.29. The normalized spacial score (nSPS) is 18.9. The van der Waals surface area contributed by atoms with Gasteiger partial charge in [-0.3, -0.25) is 9.59 Å². The summed E-state index contributed by atoms with van der Waals surface area (Å²) < 4.78 is 30.8. The Balaban J connectivity index is 2.19. The maximum Gasteiger partial charge on any atom is 0.315 e. The second kappa shape index (κ2) is 7.64. The van der Waals surface area contributed by atoms with Crippen LogP contribution < -0.4 is 4.74 Å². The van der Waals surface area contributed by atoms with E-state index in [1.165, 1.54) is 25.1 Å². The fourth-order valence-corrected chi connectivity index (χ4v) is 2.75. The Morgan fingerprint density at radius 3 is 2.74 bits per heavy atom. The molecule has 2 rings (SSSR count). The van der Waals surface area contributed by atoms with Crippen molar-refractivity contribution in [2.75, 3.05) is 20.1 Å². The van der Waals surface area contributed by atoms with Crippen LogP contribution in [0.1, 0.15) is 35.7 Å². The number of benzene rings is 1. The van der Waals surface area contributed by atoms with Crippen molar-refractivity contribution in [1.82, 2.24) is 4.90 Å². The number of nitrogens with zero attached hydrogens (tertiary/aromatic N) is 1. The van der Waals surface area contributed by atoms with E-state index in [4.69, 9.17) is 4.74 Å². The molecule has 0 spiro atoms. The molecule has 0 saturated carbocycles. The van der Waals surface area contributed by atoms with Crippen molar-refractivity contribution in [3.05, 3.63) is 29.3 Å². The third-order valence-electron chi connectivity index (χ3n) is 4.02. The third-order valence-corrected chi connectivity index (χ3v) is 4.02. The highest BCUT2D eigenvalue weighted by atomic mass is 19.3. The van der Waals surface area contributed by atoms with Gasteiger partial charge in [0.15, 0.2) is 5.78 Å². The van der Waals surface area contributed by atoms with Crippen molar-refractivity contribution >= 4 is 11.8 Å². The highest BCUT2D eigenvalue weighted by Gasteiger charge is 2.26. The Morgan fingerprint density at radius 1 is 1.39 bits per heavy atom. The first-order valence-electron chi connectivity index (χ1n) is 7.69. The second-order valence-electron chi connectivity index (χ2n) is 6.00. The molecule has 1 aliphatic rings. The van der Waals surface area contributed by atoms with Crippen LogP contribution in [0.3, 0.4) is 0 Å². The van der Waals surface area contributed by atoms with Crippen LogP contribution in [-0.4, -0.2) is 43.2 Å². The van der Waals surface area contributed by atoms with Crippen LogP contribution >= 0.6 is 0 Å². The van der Waals surface area contributed by atoms with E-state index in [9.17, 15) is 18.4 Å². The minimum absolute atomic E-state index is 0.0660. The summed E-state index contributed by atoms with van der Waals surface area (Å²) in [4.78, 5) is 25.8. The average molecular weight is 325 g/mol. The summed E-state index contributed by atoms with van der Waals surface area (Å²) in [6.07, 6.45) is -1.44. The molecule has 1 aromatic carbocycles. The Kier molecular flexibility index (Phi) is 5.82. The summed E-state index contributed by atoms with van der Waals surface area (Å²) in [5, 5.41) is 0. The SMILES string of the molecule is CC(=O)c1ccc(CC(F)F)c(OC(=O)C2CCCN(C)C2)c1. The number of ketones is 1. The number of carbonyl (C=O) groups is 2. The fourth-order valence-electron chi connectivity index (χ4n) is 2.75. The highest BCUT2D eigenvalue weighted by molar-refractivity contribution is 5.94. The zero-order chi connectivity index (χ0) is 17.0. The predicted molar refractivity (Wildman–Crippen MR) is 82.0 cm³/mol.